The van der Waals surface area contributed by atoms with Crippen LogP contribution in [0.3, 0.4) is 0 Å². The standard InChI is InChI=1S/C14H12F2N2O/c1-3-10-6-13(15)14(16)7-12(10)11-8-17-18(9-11)4-5-19-2/h1,6-9H,4-5H2,2H3. The van der Waals surface area contributed by atoms with Crippen LogP contribution in [0.4, 0.5) is 8.78 Å². The fraction of sp³-hybridized carbons (Fsp3) is 0.214. The minimum absolute atomic E-state index is 0.296. The van der Waals surface area contributed by atoms with Gasteiger partial charge < -0.3 is 4.74 Å². The summed E-state index contributed by atoms with van der Waals surface area (Å²) in [5.41, 5.74) is 1.39. The van der Waals surface area contributed by atoms with Crippen LogP contribution < -0.4 is 0 Å². The Morgan fingerprint density at radius 2 is 2.11 bits per heavy atom. The van der Waals surface area contributed by atoms with Crippen molar-refractivity contribution in [1.29, 1.82) is 0 Å². The average molecular weight is 262 g/mol. The smallest absolute Gasteiger partial charge is 0.160 e. The monoisotopic (exact) mass is 262 g/mol. The molecule has 5 heteroatoms. The van der Waals surface area contributed by atoms with E-state index in [4.69, 9.17) is 11.2 Å². The second-order valence-electron chi connectivity index (χ2n) is 3.94. The van der Waals surface area contributed by atoms with Crippen LogP contribution in [0.25, 0.3) is 11.1 Å². The van der Waals surface area contributed by atoms with Gasteiger partial charge in [-0.3, -0.25) is 4.68 Å². The molecule has 0 radical (unpaired) electrons. The van der Waals surface area contributed by atoms with E-state index < -0.39 is 11.6 Å². The van der Waals surface area contributed by atoms with Gasteiger partial charge in [-0.25, -0.2) is 8.78 Å². The third kappa shape index (κ3) is 2.80. The van der Waals surface area contributed by atoms with Gasteiger partial charge in [-0.1, -0.05) is 5.92 Å². The van der Waals surface area contributed by atoms with Crippen LogP contribution in [0, 0.1) is 24.0 Å². The predicted octanol–water partition coefficient (Wildman–Crippen LogP) is 2.46. The molecule has 1 aromatic carbocycles. The SMILES string of the molecule is C#Cc1cc(F)c(F)cc1-c1cnn(CCOC)c1. The molecule has 0 aliphatic carbocycles. The number of rotatable bonds is 4. The van der Waals surface area contributed by atoms with Crippen molar-refractivity contribution >= 4 is 0 Å². The molecule has 0 bridgehead atoms. The van der Waals surface area contributed by atoms with E-state index in [9.17, 15) is 8.78 Å². The van der Waals surface area contributed by atoms with Crippen LogP contribution in [0.15, 0.2) is 24.5 Å². The summed E-state index contributed by atoms with van der Waals surface area (Å²) in [6.45, 7) is 1.09. The predicted molar refractivity (Wildman–Crippen MR) is 67.4 cm³/mol. The molecule has 2 rings (SSSR count). The molecule has 3 nitrogen and oxygen atoms in total. The van der Waals surface area contributed by atoms with Crippen molar-refractivity contribution in [1.82, 2.24) is 9.78 Å². The Kier molecular flexibility index (Phi) is 3.93. The third-order valence-electron chi connectivity index (χ3n) is 2.68. The quantitative estimate of drug-likeness (QED) is 0.791. The number of hydrogen-bond acceptors (Lipinski definition) is 2. The highest BCUT2D eigenvalue weighted by Gasteiger charge is 2.11. The Labute approximate surface area is 109 Å². The van der Waals surface area contributed by atoms with E-state index in [1.807, 2.05) is 0 Å². The molecule has 0 N–H and O–H groups in total. The van der Waals surface area contributed by atoms with Crippen LogP contribution >= 0.6 is 0 Å². The fourth-order valence-electron chi connectivity index (χ4n) is 1.71. The van der Waals surface area contributed by atoms with Crippen LogP contribution in [0.1, 0.15) is 5.56 Å². The number of methoxy groups -OCH3 is 1. The third-order valence-corrected chi connectivity index (χ3v) is 2.68. The van der Waals surface area contributed by atoms with Crippen LogP contribution in [0.5, 0.6) is 0 Å². The number of ether oxygens (including phenoxy) is 1. The van der Waals surface area contributed by atoms with Crippen LogP contribution in [-0.4, -0.2) is 23.5 Å². The number of aromatic nitrogens is 2. The summed E-state index contributed by atoms with van der Waals surface area (Å²) in [5, 5.41) is 4.11. The van der Waals surface area contributed by atoms with E-state index in [1.54, 1.807) is 24.2 Å². The molecule has 0 spiro atoms. The van der Waals surface area contributed by atoms with Gasteiger partial charge in [-0.05, 0) is 12.1 Å². The van der Waals surface area contributed by atoms with Crippen molar-refractivity contribution in [2.75, 3.05) is 13.7 Å². The maximum Gasteiger partial charge on any atom is 0.160 e. The van der Waals surface area contributed by atoms with E-state index in [0.29, 0.717) is 29.8 Å². The zero-order chi connectivity index (χ0) is 13.8. The van der Waals surface area contributed by atoms with Crippen molar-refractivity contribution in [3.63, 3.8) is 0 Å². The molecule has 1 aromatic heterocycles. The topological polar surface area (TPSA) is 27.1 Å². The first-order valence-electron chi connectivity index (χ1n) is 5.63. The second kappa shape index (κ2) is 5.63. The van der Waals surface area contributed by atoms with Gasteiger partial charge in [0.1, 0.15) is 0 Å². The Morgan fingerprint density at radius 3 is 2.79 bits per heavy atom. The van der Waals surface area contributed by atoms with Crippen LogP contribution in [0.2, 0.25) is 0 Å². The normalized spacial score (nSPS) is 10.4. The zero-order valence-corrected chi connectivity index (χ0v) is 10.4. The molecular formula is C14H12F2N2O. The van der Waals surface area contributed by atoms with Gasteiger partial charge >= 0.3 is 0 Å². The van der Waals surface area contributed by atoms with Crippen molar-refractivity contribution in [3.05, 3.63) is 41.7 Å². The van der Waals surface area contributed by atoms with Crippen molar-refractivity contribution in [3.8, 4) is 23.5 Å². The maximum atomic E-state index is 13.3. The lowest BCUT2D eigenvalue weighted by atomic mass is 10.0. The highest BCUT2D eigenvalue weighted by Crippen LogP contribution is 2.25. The Balaban J connectivity index is 2.39. The number of benzene rings is 1. The zero-order valence-electron chi connectivity index (χ0n) is 10.4. The van der Waals surface area contributed by atoms with Gasteiger partial charge in [-0.2, -0.15) is 5.10 Å². The first kappa shape index (κ1) is 13.2. The summed E-state index contributed by atoms with van der Waals surface area (Å²) in [5.74, 6) is 0.459. The van der Waals surface area contributed by atoms with Gasteiger partial charge in [-0.15, -0.1) is 6.42 Å². The molecule has 0 unspecified atom stereocenters. The molecule has 1 heterocycles. The first-order chi connectivity index (χ1) is 9.15. The van der Waals surface area contributed by atoms with Crippen molar-refractivity contribution < 1.29 is 13.5 Å². The largest absolute Gasteiger partial charge is 0.383 e. The number of hydrogen-bond donors (Lipinski definition) is 0. The number of terminal acetylenes is 1. The molecule has 19 heavy (non-hydrogen) atoms. The summed E-state index contributed by atoms with van der Waals surface area (Å²) >= 11 is 0. The van der Waals surface area contributed by atoms with Crippen LogP contribution in [-0.2, 0) is 11.3 Å². The van der Waals surface area contributed by atoms with E-state index >= 15 is 0 Å². The molecule has 0 amide bonds. The van der Waals surface area contributed by atoms with Gasteiger partial charge in [0, 0.05) is 30.0 Å². The summed E-state index contributed by atoms with van der Waals surface area (Å²) < 4.78 is 33.0. The minimum atomic E-state index is -0.955. The summed E-state index contributed by atoms with van der Waals surface area (Å²) in [6, 6.07) is 2.10. The highest BCUT2D eigenvalue weighted by molar-refractivity contribution is 5.70. The van der Waals surface area contributed by atoms with Crippen molar-refractivity contribution in [2.45, 2.75) is 6.54 Å². The molecule has 0 aliphatic heterocycles. The summed E-state index contributed by atoms with van der Waals surface area (Å²) in [6.07, 6.45) is 8.58. The maximum absolute atomic E-state index is 13.3. The number of halogens is 2. The van der Waals surface area contributed by atoms with Gasteiger partial charge in [0.25, 0.3) is 0 Å². The summed E-state index contributed by atoms with van der Waals surface area (Å²) in [7, 11) is 1.59. The molecular weight excluding hydrogens is 250 g/mol. The Hall–Kier alpha value is -2.19. The lowest BCUT2D eigenvalue weighted by Crippen LogP contribution is -2.03. The van der Waals surface area contributed by atoms with Gasteiger partial charge in [0.15, 0.2) is 11.6 Å². The highest BCUT2D eigenvalue weighted by atomic mass is 19.2. The van der Waals surface area contributed by atoms with E-state index in [2.05, 4.69) is 11.0 Å². The van der Waals surface area contributed by atoms with E-state index in [0.717, 1.165) is 12.1 Å². The average Bonchev–Trinajstić information content (AvgIpc) is 2.87. The molecule has 0 aliphatic rings. The van der Waals surface area contributed by atoms with Crippen molar-refractivity contribution in [2.24, 2.45) is 0 Å². The Bertz CT molecular complexity index is 629. The molecule has 98 valence electrons. The molecule has 0 atom stereocenters. The number of nitrogens with zero attached hydrogens (tertiary/aromatic N) is 2. The summed E-state index contributed by atoms with van der Waals surface area (Å²) in [4.78, 5) is 0. The molecule has 0 saturated carbocycles. The lowest BCUT2D eigenvalue weighted by molar-refractivity contribution is 0.183. The lowest BCUT2D eigenvalue weighted by Gasteiger charge is -2.03. The first-order valence-corrected chi connectivity index (χ1v) is 5.63. The Morgan fingerprint density at radius 1 is 1.37 bits per heavy atom. The minimum Gasteiger partial charge on any atom is -0.383 e. The van der Waals surface area contributed by atoms with Gasteiger partial charge in [0.2, 0.25) is 0 Å². The van der Waals surface area contributed by atoms with E-state index in [1.165, 1.54) is 0 Å². The molecule has 0 saturated heterocycles. The van der Waals surface area contributed by atoms with Gasteiger partial charge in [0.05, 0.1) is 19.3 Å². The van der Waals surface area contributed by atoms with E-state index in [-0.39, 0.29) is 0 Å². The fourth-order valence-corrected chi connectivity index (χ4v) is 1.71. The molecule has 0 fully saturated rings. The second-order valence-corrected chi connectivity index (χ2v) is 3.94. The molecule has 2 aromatic rings.